The Morgan fingerprint density at radius 1 is 1.43 bits per heavy atom. The lowest BCUT2D eigenvalue weighted by atomic mass is 10.1. The summed E-state index contributed by atoms with van der Waals surface area (Å²) in [6, 6.07) is 0. The maximum absolute atomic E-state index is 12.6. The highest BCUT2D eigenvalue weighted by atomic mass is 32.2. The zero-order valence-electron chi connectivity index (χ0n) is 14.0. The van der Waals surface area contributed by atoms with Gasteiger partial charge in [-0.1, -0.05) is 20.8 Å². The van der Waals surface area contributed by atoms with Gasteiger partial charge in [-0.15, -0.1) is 0 Å². The molecule has 2 aliphatic carbocycles. The third-order valence-corrected chi connectivity index (χ3v) is 7.17. The maximum atomic E-state index is 12.6. The molecule has 0 saturated heterocycles. The first-order valence-electron chi connectivity index (χ1n) is 8.42. The minimum absolute atomic E-state index is 0.334. The van der Waals surface area contributed by atoms with E-state index in [-0.39, 0.29) is 0 Å². The molecule has 128 valence electrons. The Balaban J connectivity index is 1.84. The highest BCUT2D eigenvalue weighted by Crippen LogP contribution is 2.46. The highest BCUT2D eigenvalue weighted by Gasteiger charge is 2.53. The van der Waals surface area contributed by atoms with Crippen LogP contribution >= 0.6 is 0 Å². The molecule has 0 bridgehead atoms. The van der Waals surface area contributed by atoms with E-state index >= 15 is 0 Å². The van der Waals surface area contributed by atoms with Crippen LogP contribution in [0.3, 0.4) is 0 Å². The Labute approximate surface area is 137 Å². The van der Waals surface area contributed by atoms with Crippen LogP contribution in [-0.2, 0) is 16.6 Å². The minimum Gasteiger partial charge on any atom is -0.268 e. The topological polar surface area (TPSA) is 81.1 Å². The average Bonchev–Trinajstić information content (AvgIpc) is 3.36. The zero-order chi connectivity index (χ0) is 16.8. The lowest BCUT2D eigenvalue weighted by Gasteiger charge is -2.15. The van der Waals surface area contributed by atoms with Gasteiger partial charge in [0.05, 0.1) is 22.2 Å². The van der Waals surface area contributed by atoms with Gasteiger partial charge in [-0.25, -0.2) is 13.1 Å². The molecule has 1 aromatic heterocycles. The molecule has 1 amide bonds. The molecule has 0 aliphatic heterocycles. The SMILES string of the molecule is CCC1(S(=O)(=O)NC(=O)c2cnn(CC(C)C)c2C2CC2)CC1. The smallest absolute Gasteiger partial charge is 0.268 e. The number of amides is 1. The van der Waals surface area contributed by atoms with Crippen molar-refractivity contribution >= 4 is 15.9 Å². The average molecular weight is 339 g/mol. The van der Waals surface area contributed by atoms with Crippen LogP contribution in [0.15, 0.2) is 6.20 Å². The van der Waals surface area contributed by atoms with Crippen LogP contribution in [0.5, 0.6) is 0 Å². The van der Waals surface area contributed by atoms with E-state index in [1.165, 1.54) is 6.20 Å². The van der Waals surface area contributed by atoms with Crippen LogP contribution in [0, 0.1) is 5.92 Å². The van der Waals surface area contributed by atoms with Gasteiger partial charge in [0.15, 0.2) is 0 Å². The molecule has 6 nitrogen and oxygen atoms in total. The molecule has 1 aromatic rings. The Morgan fingerprint density at radius 2 is 2.09 bits per heavy atom. The van der Waals surface area contributed by atoms with Gasteiger partial charge >= 0.3 is 0 Å². The molecule has 0 spiro atoms. The van der Waals surface area contributed by atoms with Crippen LogP contribution in [0.4, 0.5) is 0 Å². The van der Waals surface area contributed by atoms with E-state index in [9.17, 15) is 13.2 Å². The fourth-order valence-corrected chi connectivity index (χ4v) is 4.68. The van der Waals surface area contributed by atoms with E-state index in [1.54, 1.807) is 0 Å². The molecule has 1 N–H and O–H groups in total. The molecule has 2 fully saturated rings. The Morgan fingerprint density at radius 3 is 2.57 bits per heavy atom. The summed E-state index contributed by atoms with van der Waals surface area (Å²) in [5.74, 6) is 0.226. The van der Waals surface area contributed by atoms with E-state index in [4.69, 9.17) is 0 Å². The number of carbonyl (C=O) groups is 1. The molecule has 2 aliphatic rings. The van der Waals surface area contributed by atoms with Crippen molar-refractivity contribution in [2.75, 3.05) is 0 Å². The fraction of sp³-hybridized carbons (Fsp3) is 0.750. The van der Waals surface area contributed by atoms with Gasteiger partial charge in [-0.05, 0) is 38.0 Å². The van der Waals surface area contributed by atoms with Crippen molar-refractivity contribution in [3.05, 3.63) is 17.5 Å². The first kappa shape index (κ1) is 16.5. The predicted molar refractivity (Wildman–Crippen MR) is 87.7 cm³/mol. The predicted octanol–water partition coefficient (Wildman–Crippen LogP) is 2.42. The lowest BCUT2D eigenvalue weighted by Crippen LogP contribution is -2.39. The van der Waals surface area contributed by atoms with Gasteiger partial charge < -0.3 is 0 Å². The molecule has 2 saturated carbocycles. The summed E-state index contributed by atoms with van der Waals surface area (Å²) >= 11 is 0. The summed E-state index contributed by atoms with van der Waals surface area (Å²) in [6.45, 7) is 6.79. The number of rotatable bonds is 7. The lowest BCUT2D eigenvalue weighted by molar-refractivity contribution is 0.0979. The van der Waals surface area contributed by atoms with Crippen molar-refractivity contribution in [3.63, 3.8) is 0 Å². The second-order valence-corrected chi connectivity index (χ2v) is 9.34. The summed E-state index contributed by atoms with van der Waals surface area (Å²) in [4.78, 5) is 12.6. The Bertz CT molecular complexity index is 713. The molecule has 1 heterocycles. The molecule has 0 unspecified atom stereocenters. The van der Waals surface area contributed by atoms with Gasteiger partial charge in [-0.3, -0.25) is 9.48 Å². The maximum Gasteiger partial charge on any atom is 0.268 e. The van der Waals surface area contributed by atoms with Gasteiger partial charge in [0.2, 0.25) is 10.0 Å². The normalized spacial score (nSPS) is 19.8. The van der Waals surface area contributed by atoms with E-state index in [2.05, 4.69) is 23.7 Å². The van der Waals surface area contributed by atoms with Gasteiger partial charge in [-0.2, -0.15) is 5.10 Å². The number of carbonyl (C=O) groups excluding carboxylic acids is 1. The number of hydrogen-bond donors (Lipinski definition) is 1. The molecule has 23 heavy (non-hydrogen) atoms. The van der Waals surface area contributed by atoms with Gasteiger partial charge in [0, 0.05) is 12.5 Å². The first-order chi connectivity index (χ1) is 10.8. The van der Waals surface area contributed by atoms with Crippen LogP contribution < -0.4 is 4.72 Å². The van der Waals surface area contributed by atoms with Crippen LogP contribution in [-0.4, -0.2) is 28.9 Å². The molecule has 7 heteroatoms. The fourth-order valence-electron chi connectivity index (χ4n) is 3.09. The number of hydrogen-bond acceptors (Lipinski definition) is 4. The van der Waals surface area contributed by atoms with Crippen LogP contribution in [0.1, 0.15) is 74.8 Å². The van der Waals surface area contributed by atoms with Crippen molar-refractivity contribution in [2.24, 2.45) is 5.92 Å². The molecule has 0 radical (unpaired) electrons. The third kappa shape index (κ3) is 3.03. The summed E-state index contributed by atoms with van der Waals surface area (Å²) in [5.41, 5.74) is 1.32. The summed E-state index contributed by atoms with van der Waals surface area (Å²) in [6.07, 6.45) is 5.40. The second kappa shape index (κ2) is 5.61. The van der Waals surface area contributed by atoms with Crippen molar-refractivity contribution in [3.8, 4) is 0 Å². The van der Waals surface area contributed by atoms with E-state index in [1.807, 2.05) is 11.6 Å². The molecule has 3 rings (SSSR count). The summed E-state index contributed by atoms with van der Waals surface area (Å²) < 4.78 is 28.3. The van der Waals surface area contributed by atoms with Crippen molar-refractivity contribution in [1.29, 1.82) is 0 Å². The number of sulfonamides is 1. The van der Waals surface area contributed by atoms with E-state index < -0.39 is 20.7 Å². The molecule has 0 aromatic carbocycles. The first-order valence-corrected chi connectivity index (χ1v) is 9.90. The highest BCUT2D eigenvalue weighted by molar-refractivity contribution is 7.91. The van der Waals surface area contributed by atoms with Crippen molar-refractivity contribution < 1.29 is 13.2 Å². The monoisotopic (exact) mass is 339 g/mol. The number of nitrogens with one attached hydrogen (secondary N) is 1. The standard InChI is InChI=1S/C16H25N3O3S/c1-4-16(7-8-16)23(21,22)18-15(20)13-9-17-19(10-11(2)3)14(13)12-5-6-12/h9,11-12H,4-8,10H2,1-3H3,(H,18,20). The molecular formula is C16H25N3O3S. The summed E-state index contributed by atoms with van der Waals surface area (Å²) in [7, 11) is -3.62. The van der Waals surface area contributed by atoms with Crippen LogP contribution in [0.2, 0.25) is 0 Å². The largest absolute Gasteiger partial charge is 0.268 e. The van der Waals surface area contributed by atoms with Crippen molar-refractivity contribution in [1.82, 2.24) is 14.5 Å². The Kier molecular flexibility index (Phi) is 4.02. The van der Waals surface area contributed by atoms with Crippen molar-refractivity contribution in [2.45, 2.75) is 70.1 Å². The van der Waals surface area contributed by atoms with Crippen LogP contribution in [0.25, 0.3) is 0 Å². The van der Waals surface area contributed by atoms with E-state index in [0.717, 1.165) is 25.1 Å². The van der Waals surface area contributed by atoms with Gasteiger partial charge in [0.25, 0.3) is 5.91 Å². The summed E-state index contributed by atoms with van der Waals surface area (Å²) in [5, 5.41) is 4.33. The minimum atomic E-state index is -3.62. The molecule has 0 atom stereocenters. The second-order valence-electron chi connectivity index (χ2n) is 7.26. The quantitative estimate of drug-likeness (QED) is 0.827. The third-order valence-electron chi connectivity index (χ3n) is 4.88. The molecular weight excluding hydrogens is 314 g/mol. The van der Waals surface area contributed by atoms with Gasteiger partial charge in [0.1, 0.15) is 0 Å². The number of aromatic nitrogens is 2. The number of nitrogens with zero attached hydrogens (tertiary/aromatic N) is 2. The Hall–Kier alpha value is -1.37. The zero-order valence-corrected chi connectivity index (χ0v) is 14.8. The van der Waals surface area contributed by atoms with E-state index in [0.29, 0.717) is 36.7 Å².